The summed E-state index contributed by atoms with van der Waals surface area (Å²) in [5.41, 5.74) is 0.921. The van der Waals surface area contributed by atoms with Crippen molar-refractivity contribution in [3.63, 3.8) is 0 Å². The van der Waals surface area contributed by atoms with Gasteiger partial charge in [-0.25, -0.2) is 8.42 Å². The van der Waals surface area contributed by atoms with E-state index in [1.54, 1.807) is 32.9 Å². The van der Waals surface area contributed by atoms with Gasteiger partial charge in [-0.05, 0) is 31.5 Å². The lowest BCUT2D eigenvalue weighted by Gasteiger charge is -2.18. The standard InChI is InChI=1S/C22H27ClN4O5S/c1-5-19(33(31,32)14-8-6-13(4)7-9-14)21(29)25-16-11-18(28)17(10-15(16)23)26-22(30)20(27-24)12(2)3/h6-12,19,28H,5,24H2,1-4H3,(H,25,29)(H,26,30)/b27-20+. The van der Waals surface area contributed by atoms with Gasteiger partial charge < -0.3 is 21.6 Å². The maximum Gasteiger partial charge on any atom is 0.272 e. The molecule has 0 radical (unpaired) electrons. The molecule has 0 spiro atoms. The molecule has 0 aliphatic heterocycles. The molecule has 1 unspecified atom stereocenters. The summed E-state index contributed by atoms with van der Waals surface area (Å²) in [7, 11) is -3.95. The van der Waals surface area contributed by atoms with Crippen LogP contribution in [-0.4, -0.2) is 36.3 Å². The number of hydrogen-bond donors (Lipinski definition) is 4. The van der Waals surface area contributed by atoms with Crippen molar-refractivity contribution >= 4 is 50.3 Å². The maximum atomic E-state index is 13.0. The normalized spacial score (nSPS) is 13.0. The lowest BCUT2D eigenvalue weighted by atomic mass is 10.1. The van der Waals surface area contributed by atoms with Crippen molar-refractivity contribution in [1.82, 2.24) is 0 Å². The minimum Gasteiger partial charge on any atom is -0.506 e. The third kappa shape index (κ3) is 6.02. The third-order valence-electron chi connectivity index (χ3n) is 4.90. The van der Waals surface area contributed by atoms with Crippen molar-refractivity contribution in [1.29, 1.82) is 0 Å². The second kappa shape index (κ2) is 10.7. The molecule has 0 aliphatic rings. The number of halogens is 1. The summed E-state index contributed by atoms with van der Waals surface area (Å²) in [5.74, 6) is 3.18. The van der Waals surface area contributed by atoms with E-state index in [4.69, 9.17) is 17.4 Å². The van der Waals surface area contributed by atoms with Crippen LogP contribution in [0.3, 0.4) is 0 Å². The van der Waals surface area contributed by atoms with Gasteiger partial charge in [-0.2, -0.15) is 5.10 Å². The smallest absolute Gasteiger partial charge is 0.272 e. The molecule has 11 heteroatoms. The fourth-order valence-electron chi connectivity index (χ4n) is 3.07. The third-order valence-corrected chi connectivity index (χ3v) is 7.44. The van der Waals surface area contributed by atoms with Gasteiger partial charge in [-0.15, -0.1) is 0 Å². The first-order chi connectivity index (χ1) is 15.4. The Morgan fingerprint density at radius 3 is 2.24 bits per heavy atom. The molecule has 2 amide bonds. The van der Waals surface area contributed by atoms with Crippen LogP contribution in [0.2, 0.25) is 5.02 Å². The monoisotopic (exact) mass is 494 g/mol. The van der Waals surface area contributed by atoms with Crippen molar-refractivity contribution in [2.45, 2.75) is 44.3 Å². The Morgan fingerprint density at radius 1 is 1.12 bits per heavy atom. The van der Waals surface area contributed by atoms with Crippen molar-refractivity contribution < 1.29 is 23.1 Å². The van der Waals surface area contributed by atoms with Gasteiger partial charge in [0.2, 0.25) is 5.91 Å². The highest BCUT2D eigenvalue weighted by atomic mass is 35.5. The number of hydrogen-bond acceptors (Lipinski definition) is 7. The molecule has 5 N–H and O–H groups in total. The number of hydrazone groups is 1. The number of carbonyl (C=O) groups excluding carboxylic acids is 2. The number of amides is 2. The van der Waals surface area contributed by atoms with Crippen LogP contribution >= 0.6 is 11.6 Å². The molecule has 2 rings (SSSR count). The van der Waals surface area contributed by atoms with Crippen molar-refractivity contribution in [3.05, 3.63) is 47.0 Å². The van der Waals surface area contributed by atoms with Crippen LogP contribution in [0.5, 0.6) is 5.75 Å². The van der Waals surface area contributed by atoms with Crippen molar-refractivity contribution in [3.8, 4) is 5.75 Å². The molecule has 9 nitrogen and oxygen atoms in total. The summed E-state index contributed by atoms with van der Waals surface area (Å²) in [4.78, 5) is 25.2. The van der Waals surface area contributed by atoms with E-state index >= 15 is 0 Å². The number of nitrogens with one attached hydrogen (secondary N) is 2. The zero-order valence-electron chi connectivity index (χ0n) is 18.7. The number of sulfone groups is 1. The fourth-order valence-corrected chi connectivity index (χ4v) is 4.90. The highest BCUT2D eigenvalue weighted by Gasteiger charge is 2.33. The van der Waals surface area contributed by atoms with E-state index in [2.05, 4.69) is 15.7 Å². The highest BCUT2D eigenvalue weighted by Crippen LogP contribution is 2.34. The number of nitrogens with two attached hydrogens (primary N) is 1. The van der Waals surface area contributed by atoms with Gasteiger partial charge in [-0.3, -0.25) is 9.59 Å². The van der Waals surface area contributed by atoms with Gasteiger partial charge >= 0.3 is 0 Å². The molecule has 0 bridgehead atoms. The number of aryl methyl sites for hydroxylation is 1. The summed E-state index contributed by atoms with van der Waals surface area (Å²) < 4.78 is 25.9. The summed E-state index contributed by atoms with van der Waals surface area (Å²) in [5, 5.41) is 17.3. The van der Waals surface area contributed by atoms with E-state index in [0.717, 1.165) is 11.6 Å². The van der Waals surface area contributed by atoms with Crippen molar-refractivity contribution in [2.24, 2.45) is 16.9 Å². The van der Waals surface area contributed by atoms with Crippen LogP contribution < -0.4 is 16.5 Å². The van der Waals surface area contributed by atoms with Gasteiger partial charge in [0.15, 0.2) is 9.84 Å². The molecular formula is C22H27ClN4O5S. The molecule has 0 saturated carbocycles. The quantitative estimate of drug-likeness (QED) is 0.191. The number of rotatable bonds is 8. The van der Waals surface area contributed by atoms with Crippen LogP contribution in [0.15, 0.2) is 46.4 Å². The fraction of sp³-hybridized carbons (Fsp3) is 0.318. The molecule has 2 aromatic carbocycles. The maximum absolute atomic E-state index is 13.0. The zero-order chi connectivity index (χ0) is 24.9. The molecule has 2 aromatic rings. The predicted molar refractivity (Wildman–Crippen MR) is 129 cm³/mol. The van der Waals surface area contributed by atoms with Gasteiger partial charge in [0.25, 0.3) is 5.91 Å². The van der Waals surface area contributed by atoms with Crippen LogP contribution in [0.25, 0.3) is 0 Å². The number of carbonyl (C=O) groups is 2. The Hall–Kier alpha value is -3.11. The molecule has 0 heterocycles. The highest BCUT2D eigenvalue weighted by molar-refractivity contribution is 7.92. The molecular weight excluding hydrogens is 468 g/mol. The minimum absolute atomic E-state index is 0.00806. The van der Waals surface area contributed by atoms with Gasteiger partial charge in [-0.1, -0.05) is 50.1 Å². The number of benzene rings is 2. The van der Waals surface area contributed by atoms with Crippen LogP contribution in [0.1, 0.15) is 32.8 Å². The summed E-state index contributed by atoms with van der Waals surface area (Å²) in [6.07, 6.45) is 0.0240. The van der Waals surface area contributed by atoms with E-state index in [9.17, 15) is 23.1 Å². The molecule has 0 aromatic heterocycles. The minimum atomic E-state index is -3.95. The first kappa shape index (κ1) is 26.1. The van der Waals surface area contributed by atoms with Crippen LogP contribution in [0.4, 0.5) is 11.4 Å². The van der Waals surface area contributed by atoms with E-state index < -0.39 is 32.7 Å². The zero-order valence-corrected chi connectivity index (χ0v) is 20.3. The van der Waals surface area contributed by atoms with Crippen LogP contribution in [0, 0.1) is 12.8 Å². The number of phenolic OH excluding ortho intramolecular Hbond substituents is 1. The summed E-state index contributed by atoms with van der Waals surface area (Å²) >= 11 is 6.22. The molecule has 0 fully saturated rings. The Labute approximate surface area is 197 Å². The van der Waals surface area contributed by atoms with Crippen molar-refractivity contribution in [2.75, 3.05) is 10.6 Å². The lowest BCUT2D eigenvalue weighted by molar-refractivity contribution is -0.116. The molecule has 1 atom stereocenters. The largest absolute Gasteiger partial charge is 0.506 e. The van der Waals surface area contributed by atoms with Gasteiger partial charge in [0, 0.05) is 12.0 Å². The Kier molecular flexibility index (Phi) is 8.45. The topological polar surface area (TPSA) is 151 Å². The summed E-state index contributed by atoms with van der Waals surface area (Å²) in [6.45, 7) is 6.86. The van der Waals surface area contributed by atoms with E-state index in [0.29, 0.717) is 0 Å². The number of aromatic hydroxyl groups is 1. The number of anilines is 2. The Bertz CT molecular complexity index is 1180. The predicted octanol–water partition coefficient (Wildman–Crippen LogP) is 3.45. The lowest BCUT2D eigenvalue weighted by Crippen LogP contribution is -2.34. The Balaban J connectivity index is 2.27. The number of nitrogens with zero attached hydrogens (tertiary/aromatic N) is 1. The SMILES string of the molecule is CCC(C(=O)Nc1cc(O)c(NC(=O)/C(=N/N)C(C)C)cc1Cl)S(=O)(=O)c1ccc(C)cc1. The molecule has 33 heavy (non-hydrogen) atoms. The Morgan fingerprint density at radius 2 is 1.73 bits per heavy atom. The molecule has 0 aliphatic carbocycles. The average molecular weight is 495 g/mol. The first-order valence-corrected chi connectivity index (χ1v) is 12.1. The number of phenols is 1. The van der Waals surface area contributed by atoms with E-state index in [1.165, 1.54) is 18.2 Å². The van der Waals surface area contributed by atoms with Gasteiger partial charge in [0.05, 0.1) is 21.3 Å². The summed E-state index contributed by atoms with van der Waals surface area (Å²) in [6, 6.07) is 8.56. The van der Waals surface area contributed by atoms with E-state index in [-0.39, 0.29) is 39.3 Å². The van der Waals surface area contributed by atoms with E-state index in [1.807, 2.05) is 6.92 Å². The second-order valence-electron chi connectivity index (χ2n) is 7.72. The second-order valence-corrected chi connectivity index (χ2v) is 10.3. The first-order valence-electron chi connectivity index (χ1n) is 10.1. The average Bonchev–Trinajstić information content (AvgIpc) is 2.72. The van der Waals surface area contributed by atoms with Crippen LogP contribution in [-0.2, 0) is 19.4 Å². The molecule has 178 valence electrons. The molecule has 0 saturated heterocycles. The van der Waals surface area contributed by atoms with Gasteiger partial charge in [0.1, 0.15) is 16.7 Å².